The van der Waals surface area contributed by atoms with Crippen LogP contribution in [0.3, 0.4) is 0 Å². The van der Waals surface area contributed by atoms with E-state index in [-0.39, 0.29) is 25.1 Å². The summed E-state index contributed by atoms with van der Waals surface area (Å²) in [4.78, 5) is 0. The standard InChI is InChI=1S/C7H13N.C3H6O.ClH/c1-3-5-7(8)6-4-2;1-2-3-4;/h3-4,7H,1-2,5-6,8H2;2,4H,1,3H2;1H. The quantitative estimate of drug-likeness (QED) is 0.675. The van der Waals surface area contributed by atoms with Crippen LogP contribution in [0.15, 0.2) is 38.0 Å². The molecule has 78 valence electrons. The third kappa shape index (κ3) is 24.6. The minimum Gasteiger partial charge on any atom is -0.392 e. The van der Waals surface area contributed by atoms with Crippen molar-refractivity contribution in [3.8, 4) is 0 Å². The second kappa shape index (κ2) is 17.5. The van der Waals surface area contributed by atoms with Gasteiger partial charge in [0.1, 0.15) is 0 Å². The molecular weight excluding hydrogens is 186 g/mol. The Morgan fingerprint density at radius 1 is 1.08 bits per heavy atom. The molecule has 0 saturated carbocycles. The lowest BCUT2D eigenvalue weighted by Gasteiger charge is -2.01. The van der Waals surface area contributed by atoms with Crippen LogP contribution >= 0.6 is 12.4 Å². The third-order valence-electron chi connectivity index (χ3n) is 1.07. The highest BCUT2D eigenvalue weighted by Gasteiger charge is 1.92. The summed E-state index contributed by atoms with van der Waals surface area (Å²) in [5.41, 5.74) is 5.55. The van der Waals surface area contributed by atoms with Gasteiger partial charge >= 0.3 is 0 Å². The Balaban J connectivity index is -0.000000173. The average Bonchev–Trinajstić information content (AvgIpc) is 2.06. The average molecular weight is 206 g/mol. The second-order valence-electron chi connectivity index (χ2n) is 2.28. The maximum Gasteiger partial charge on any atom is 0.0609 e. The monoisotopic (exact) mass is 205 g/mol. The van der Waals surface area contributed by atoms with Crippen LogP contribution in [0.1, 0.15) is 12.8 Å². The fraction of sp³-hybridized carbons (Fsp3) is 0.400. The summed E-state index contributed by atoms with van der Waals surface area (Å²) in [5, 5.41) is 7.76. The van der Waals surface area contributed by atoms with Gasteiger partial charge in [0.05, 0.1) is 6.61 Å². The van der Waals surface area contributed by atoms with Gasteiger partial charge in [-0.1, -0.05) is 18.2 Å². The van der Waals surface area contributed by atoms with Crippen molar-refractivity contribution in [2.24, 2.45) is 5.73 Å². The maximum absolute atomic E-state index is 7.76. The van der Waals surface area contributed by atoms with Crippen LogP contribution in [0.4, 0.5) is 0 Å². The van der Waals surface area contributed by atoms with Crippen molar-refractivity contribution in [2.45, 2.75) is 18.9 Å². The van der Waals surface area contributed by atoms with E-state index in [1.807, 2.05) is 12.2 Å². The number of nitrogens with two attached hydrogens (primary N) is 1. The minimum atomic E-state index is 0. The molecule has 2 nitrogen and oxygen atoms in total. The van der Waals surface area contributed by atoms with Gasteiger partial charge in [-0.15, -0.1) is 32.1 Å². The molecule has 0 saturated heterocycles. The van der Waals surface area contributed by atoms with Gasteiger partial charge in [0.15, 0.2) is 0 Å². The number of halogens is 1. The van der Waals surface area contributed by atoms with E-state index >= 15 is 0 Å². The number of aliphatic hydroxyl groups excluding tert-OH is 1. The van der Waals surface area contributed by atoms with Crippen LogP contribution in [0.25, 0.3) is 0 Å². The van der Waals surface area contributed by atoms with Crippen molar-refractivity contribution in [3.63, 3.8) is 0 Å². The Morgan fingerprint density at radius 3 is 1.54 bits per heavy atom. The summed E-state index contributed by atoms with van der Waals surface area (Å²) in [7, 11) is 0. The van der Waals surface area contributed by atoms with E-state index in [1.54, 1.807) is 0 Å². The van der Waals surface area contributed by atoms with Crippen molar-refractivity contribution in [1.29, 1.82) is 0 Å². The largest absolute Gasteiger partial charge is 0.392 e. The van der Waals surface area contributed by atoms with Crippen molar-refractivity contribution < 1.29 is 5.11 Å². The smallest absolute Gasteiger partial charge is 0.0609 e. The molecule has 0 aromatic heterocycles. The molecule has 0 aliphatic carbocycles. The zero-order valence-corrected chi connectivity index (χ0v) is 8.80. The van der Waals surface area contributed by atoms with Crippen molar-refractivity contribution in [1.82, 2.24) is 0 Å². The van der Waals surface area contributed by atoms with E-state index in [9.17, 15) is 0 Å². The normalized spacial score (nSPS) is 7.62. The SMILES string of the molecule is C=CCC(N)CC=C.C=CCO.Cl. The minimum absolute atomic E-state index is 0. The zero-order valence-electron chi connectivity index (χ0n) is 7.98. The predicted molar refractivity (Wildman–Crippen MR) is 62.1 cm³/mol. The van der Waals surface area contributed by atoms with Crippen LogP contribution in [-0.4, -0.2) is 17.8 Å². The molecule has 0 radical (unpaired) electrons. The summed E-state index contributed by atoms with van der Waals surface area (Å²) < 4.78 is 0. The topological polar surface area (TPSA) is 46.2 Å². The molecule has 0 bridgehead atoms. The van der Waals surface area contributed by atoms with Crippen LogP contribution in [0.5, 0.6) is 0 Å². The lowest BCUT2D eigenvalue weighted by Crippen LogP contribution is -2.17. The summed E-state index contributed by atoms with van der Waals surface area (Å²) in [6.07, 6.45) is 6.85. The Kier molecular flexibility index (Phi) is 24.6. The van der Waals surface area contributed by atoms with Gasteiger partial charge in [0.25, 0.3) is 0 Å². The molecule has 3 heteroatoms. The Bertz CT molecular complexity index is 116. The Labute approximate surface area is 87.2 Å². The van der Waals surface area contributed by atoms with Gasteiger partial charge in [-0.25, -0.2) is 0 Å². The molecule has 0 spiro atoms. The van der Waals surface area contributed by atoms with Crippen molar-refractivity contribution in [2.75, 3.05) is 6.61 Å². The fourth-order valence-corrected chi connectivity index (χ4v) is 0.524. The summed E-state index contributed by atoms with van der Waals surface area (Å²) in [6.45, 7) is 10.4. The molecule has 0 amide bonds. The summed E-state index contributed by atoms with van der Waals surface area (Å²) in [6, 6.07) is 0.227. The van der Waals surface area contributed by atoms with E-state index in [2.05, 4.69) is 19.7 Å². The first kappa shape index (κ1) is 18.3. The summed E-state index contributed by atoms with van der Waals surface area (Å²) in [5.74, 6) is 0. The number of hydrogen-bond donors (Lipinski definition) is 2. The first-order valence-corrected chi connectivity index (χ1v) is 3.92. The van der Waals surface area contributed by atoms with Gasteiger partial charge < -0.3 is 10.8 Å². The Morgan fingerprint density at radius 2 is 1.38 bits per heavy atom. The van der Waals surface area contributed by atoms with Crippen LogP contribution in [-0.2, 0) is 0 Å². The lowest BCUT2D eigenvalue weighted by atomic mass is 10.1. The zero-order chi connectivity index (χ0) is 9.82. The maximum atomic E-state index is 7.76. The van der Waals surface area contributed by atoms with Crippen LogP contribution < -0.4 is 5.73 Å². The van der Waals surface area contributed by atoms with E-state index in [0.29, 0.717) is 0 Å². The van der Waals surface area contributed by atoms with Gasteiger partial charge in [-0.3, -0.25) is 0 Å². The highest BCUT2D eigenvalue weighted by atomic mass is 35.5. The van der Waals surface area contributed by atoms with E-state index in [0.717, 1.165) is 12.8 Å². The highest BCUT2D eigenvalue weighted by Crippen LogP contribution is 1.93. The van der Waals surface area contributed by atoms with Gasteiger partial charge in [0, 0.05) is 6.04 Å². The number of rotatable bonds is 5. The predicted octanol–water partition coefficient (Wildman–Crippen LogP) is 2.05. The van der Waals surface area contributed by atoms with E-state index in [4.69, 9.17) is 10.8 Å². The van der Waals surface area contributed by atoms with Crippen LogP contribution in [0.2, 0.25) is 0 Å². The molecule has 3 N–H and O–H groups in total. The van der Waals surface area contributed by atoms with Gasteiger partial charge in [0.2, 0.25) is 0 Å². The second-order valence-corrected chi connectivity index (χ2v) is 2.28. The van der Waals surface area contributed by atoms with Crippen LogP contribution in [0, 0.1) is 0 Å². The first-order valence-electron chi connectivity index (χ1n) is 3.92. The van der Waals surface area contributed by atoms with Crippen molar-refractivity contribution in [3.05, 3.63) is 38.0 Å². The van der Waals surface area contributed by atoms with E-state index < -0.39 is 0 Å². The first-order chi connectivity index (χ1) is 5.72. The van der Waals surface area contributed by atoms with Crippen molar-refractivity contribution >= 4 is 12.4 Å². The highest BCUT2D eigenvalue weighted by molar-refractivity contribution is 5.85. The Hall–Kier alpha value is -0.570. The molecular formula is C10H20ClNO. The molecule has 0 aromatic rings. The molecule has 0 aliphatic rings. The molecule has 0 fully saturated rings. The van der Waals surface area contributed by atoms with Gasteiger partial charge in [-0.05, 0) is 12.8 Å². The lowest BCUT2D eigenvalue weighted by molar-refractivity contribution is 0.343. The number of hydrogen-bond acceptors (Lipinski definition) is 2. The molecule has 13 heavy (non-hydrogen) atoms. The van der Waals surface area contributed by atoms with Gasteiger partial charge in [-0.2, -0.15) is 0 Å². The fourth-order valence-electron chi connectivity index (χ4n) is 0.524. The molecule has 0 heterocycles. The molecule has 0 rings (SSSR count). The summed E-state index contributed by atoms with van der Waals surface area (Å²) >= 11 is 0. The van der Waals surface area contributed by atoms with E-state index in [1.165, 1.54) is 6.08 Å². The molecule has 0 atom stereocenters. The number of aliphatic hydroxyl groups is 1. The molecule has 0 aromatic carbocycles. The molecule has 0 unspecified atom stereocenters. The molecule has 0 aliphatic heterocycles. The third-order valence-corrected chi connectivity index (χ3v) is 1.07.